The molecule has 1 heterocycles. The van der Waals surface area contributed by atoms with Crippen LogP contribution in [-0.4, -0.2) is 14.4 Å². The van der Waals surface area contributed by atoms with Crippen LogP contribution in [0, 0.1) is 0 Å². The second-order valence-electron chi connectivity index (χ2n) is 5.09. The van der Waals surface area contributed by atoms with Crippen molar-refractivity contribution in [2.45, 2.75) is 15.6 Å². The van der Waals surface area contributed by atoms with E-state index in [1.165, 1.54) is 24.3 Å². The fourth-order valence-electron chi connectivity index (χ4n) is 2.37. The van der Waals surface area contributed by atoms with Gasteiger partial charge in [-0.3, -0.25) is 11.2 Å². The number of nitrogens with zero attached hydrogens (tertiary/aromatic N) is 1. The Bertz CT molecular complexity index is 934. The third kappa shape index (κ3) is 2.83. The third-order valence-electron chi connectivity index (χ3n) is 3.42. The topological polar surface area (TPSA) is 123 Å². The number of hydrogen-bond acceptors (Lipinski definition) is 7. The van der Waals surface area contributed by atoms with Crippen LogP contribution in [0.15, 0.2) is 57.2 Å². The van der Waals surface area contributed by atoms with Crippen molar-refractivity contribution in [1.82, 2.24) is 10.9 Å². The standard InChI is InChI=1S/C14H13Cl2N5O2S/c15-8-6-10(14(18)19-13(17)20-21-14)12(11(16)7-8)24(22,23)9-4-2-1-3-5-9/h1-7,21H,18H2,(H3,17,19,20). The maximum Gasteiger partial charge on any atom is 0.210 e. The Balaban J connectivity index is 2.30. The summed E-state index contributed by atoms with van der Waals surface area (Å²) in [5, 5.41) is 0.156. The average Bonchev–Trinajstić information content (AvgIpc) is 2.87. The van der Waals surface area contributed by atoms with Crippen LogP contribution in [0.2, 0.25) is 10.0 Å². The van der Waals surface area contributed by atoms with Crippen molar-refractivity contribution in [2.24, 2.45) is 16.5 Å². The Hall–Kier alpha value is -1.84. The molecule has 1 aliphatic rings. The molecule has 2 aromatic carbocycles. The van der Waals surface area contributed by atoms with Gasteiger partial charge < -0.3 is 5.73 Å². The minimum absolute atomic E-state index is 0.0108. The van der Waals surface area contributed by atoms with Crippen molar-refractivity contribution in [2.75, 3.05) is 0 Å². The first-order valence-electron chi connectivity index (χ1n) is 6.71. The molecule has 6 N–H and O–H groups in total. The van der Waals surface area contributed by atoms with Crippen LogP contribution in [0.4, 0.5) is 0 Å². The monoisotopic (exact) mass is 385 g/mol. The molecule has 2 aromatic rings. The number of nitrogens with one attached hydrogen (secondary N) is 2. The zero-order chi connectivity index (χ0) is 17.5. The second-order valence-corrected chi connectivity index (χ2v) is 7.82. The molecule has 0 spiro atoms. The predicted octanol–water partition coefficient (Wildman–Crippen LogP) is 1.32. The van der Waals surface area contributed by atoms with E-state index in [9.17, 15) is 8.42 Å². The number of rotatable bonds is 3. The largest absolute Gasteiger partial charge is 0.369 e. The SMILES string of the molecule is NC1=NC(N)(c2cc(Cl)cc(Cl)c2S(=O)(=O)c2ccccc2)NN1. The lowest BCUT2D eigenvalue weighted by Gasteiger charge is -2.24. The van der Waals surface area contributed by atoms with E-state index in [2.05, 4.69) is 15.8 Å². The number of halogens is 2. The molecular weight excluding hydrogens is 373 g/mol. The summed E-state index contributed by atoms with van der Waals surface area (Å²) in [5.74, 6) is -1.62. The van der Waals surface area contributed by atoms with E-state index in [1.807, 2.05) is 0 Å². The fraction of sp³-hybridized carbons (Fsp3) is 0.0714. The molecule has 0 bridgehead atoms. The van der Waals surface area contributed by atoms with Gasteiger partial charge in [0.1, 0.15) is 0 Å². The summed E-state index contributed by atoms with van der Waals surface area (Å²) in [6, 6.07) is 10.6. The zero-order valence-corrected chi connectivity index (χ0v) is 14.5. The minimum Gasteiger partial charge on any atom is -0.369 e. The van der Waals surface area contributed by atoms with Crippen LogP contribution in [-0.2, 0) is 15.6 Å². The highest BCUT2D eigenvalue weighted by Gasteiger charge is 2.39. The minimum atomic E-state index is -3.96. The van der Waals surface area contributed by atoms with E-state index >= 15 is 0 Å². The Morgan fingerprint density at radius 3 is 2.38 bits per heavy atom. The molecule has 0 amide bonds. The van der Waals surface area contributed by atoms with Crippen molar-refractivity contribution in [3.8, 4) is 0 Å². The van der Waals surface area contributed by atoms with E-state index < -0.39 is 15.6 Å². The molecule has 7 nitrogen and oxygen atoms in total. The van der Waals surface area contributed by atoms with Gasteiger partial charge in [-0.1, -0.05) is 41.4 Å². The van der Waals surface area contributed by atoms with Crippen LogP contribution in [0.25, 0.3) is 0 Å². The molecule has 24 heavy (non-hydrogen) atoms. The summed E-state index contributed by atoms with van der Waals surface area (Å²) in [7, 11) is -3.96. The number of nitrogens with two attached hydrogens (primary N) is 2. The molecule has 0 aliphatic carbocycles. The van der Waals surface area contributed by atoms with Crippen molar-refractivity contribution in [3.63, 3.8) is 0 Å². The summed E-state index contributed by atoms with van der Waals surface area (Å²) >= 11 is 12.2. The van der Waals surface area contributed by atoms with E-state index in [4.69, 9.17) is 34.7 Å². The van der Waals surface area contributed by atoms with Gasteiger partial charge >= 0.3 is 0 Å². The van der Waals surface area contributed by atoms with Crippen LogP contribution in [0.1, 0.15) is 5.56 Å². The molecule has 1 aliphatic heterocycles. The van der Waals surface area contributed by atoms with Crippen LogP contribution in [0.5, 0.6) is 0 Å². The predicted molar refractivity (Wildman–Crippen MR) is 92.1 cm³/mol. The van der Waals surface area contributed by atoms with Gasteiger partial charge in [0.25, 0.3) is 0 Å². The van der Waals surface area contributed by atoms with Gasteiger partial charge in [-0.05, 0) is 24.3 Å². The number of hydrogen-bond donors (Lipinski definition) is 4. The normalized spacial score (nSPS) is 20.5. The Morgan fingerprint density at radius 1 is 1.12 bits per heavy atom. The average molecular weight is 386 g/mol. The number of benzene rings is 2. The molecular formula is C14H13Cl2N5O2S. The highest BCUT2D eigenvalue weighted by Crippen LogP contribution is 2.37. The smallest absolute Gasteiger partial charge is 0.210 e. The van der Waals surface area contributed by atoms with Crippen LogP contribution >= 0.6 is 23.2 Å². The van der Waals surface area contributed by atoms with Gasteiger partial charge in [-0.2, -0.15) is 5.43 Å². The van der Waals surface area contributed by atoms with E-state index in [0.29, 0.717) is 0 Å². The molecule has 0 saturated heterocycles. The first kappa shape index (κ1) is 17.0. The first-order chi connectivity index (χ1) is 11.2. The number of hydrazine groups is 1. The molecule has 126 valence electrons. The van der Waals surface area contributed by atoms with Crippen molar-refractivity contribution < 1.29 is 8.42 Å². The number of sulfone groups is 1. The van der Waals surface area contributed by atoms with Crippen LogP contribution in [0.3, 0.4) is 0 Å². The molecule has 1 unspecified atom stereocenters. The highest BCUT2D eigenvalue weighted by atomic mass is 35.5. The summed E-state index contributed by atoms with van der Waals surface area (Å²) in [5.41, 5.74) is 17.0. The van der Waals surface area contributed by atoms with Crippen LogP contribution < -0.4 is 22.3 Å². The van der Waals surface area contributed by atoms with Gasteiger partial charge in [0.2, 0.25) is 21.6 Å². The highest BCUT2D eigenvalue weighted by molar-refractivity contribution is 7.91. The van der Waals surface area contributed by atoms with Gasteiger partial charge in [-0.25, -0.2) is 13.4 Å². The lowest BCUT2D eigenvalue weighted by Crippen LogP contribution is -2.51. The molecule has 3 rings (SSSR count). The van der Waals surface area contributed by atoms with Gasteiger partial charge in [0.05, 0.1) is 14.8 Å². The summed E-state index contributed by atoms with van der Waals surface area (Å²) in [6.07, 6.45) is 0. The lowest BCUT2D eigenvalue weighted by molar-refractivity contribution is 0.368. The van der Waals surface area contributed by atoms with Gasteiger partial charge in [0, 0.05) is 10.6 Å². The molecule has 0 fully saturated rings. The Kier molecular flexibility index (Phi) is 4.18. The van der Waals surface area contributed by atoms with Gasteiger partial charge in [-0.15, -0.1) is 0 Å². The quantitative estimate of drug-likeness (QED) is 0.631. The Morgan fingerprint density at radius 2 is 1.79 bits per heavy atom. The van der Waals surface area contributed by atoms with Crippen molar-refractivity contribution in [3.05, 3.63) is 58.1 Å². The maximum absolute atomic E-state index is 13.1. The molecule has 0 radical (unpaired) electrons. The van der Waals surface area contributed by atoms with E-state index in [1.54, 1.807) is 18.2 Å². The molecule has 0 aromatic heterocycles. The molecule has 1 atom stereocenters. The Labute approximate surface area is 148 Å². The third-order valence-corrected chi connectivity index (χ3v) is 5.92. The summed E-state index contributed by atoms with van der Waals surface area (Å²) in [4.78, 5) is 3.90. The van der Waals surface area contributed by atoms with Crippen molar-refractivity contribution in [1.29, 1.82) is 0 Å². The fourth-order valence-corrected chi connectivity index (χ4v) is 4.74. The molecule has 10 heteroatoms. The van der Waals surface area contributed by atoms with E-state index in [0.717, 1.165) is 0 Å². The summed E-state index contributed by atoms with van der Waals surface area (Å²) < 4.78 is 26.1. The molecule has 0 saturated carbocycles. The number of aliphatic imine (C=N–C) groups is 1. The van der Waals surface area contributed by atoms with Crippen molar-refractivity contribution >= 4 is 39.0 Å². The maximum atomic E-state index is 13.1. The van der Waals surface area contributed by atoms with E-state index in [-0.39, 0.29) is 31.4 Å². The first-order valence-corrected chi connectivity index (χ1v) is 8.95. The number of guanidine groups is 1. The lowest BCUT2D eigenvalue weighted by atomic mass is 10.1. The summed E-state index contributed by atoms with van der Waals surface area (Å²) in [6.45, 7) is 0. The zero-order valence-electron chi connectivity index (χ0n) is 12.1. The van der Waals surface area contributed by atoms with Gasteiger partial charge in [0.15, 0.2) is 0 Å². The second kappa shape index (κ2) is 5.91.